The van der Waals surface area contributed by atoms with E-state index in [9.17, 15) is 14.4 Å². The molecule has 1 unspecified atom stereocenters. The van der Waals surface area contributed by atoms with Gasteiger partial charge >= 0.3 is 5.97 Å². The summed E-state index contributed by atoms with van der Waals surface area (Å²) >= 11 is 0. The molecule has 0 saturated carbocycles. The van der Waals surface area contributed by atoms with Crippen LogP contribution in [-0.2, 0) is 14.4 Å². The maximum Gasteiger partial charge on any atom is 0.334 e. The predicted octanol–water partition coefficient (Wildman–Crippen LogP) is -0.415. The summed E-state index contributed by atoms with van der Waals surface area (Å²) < 4.78 is 0. The molecule has 0 bridgehead atoms. The van der Waals surface area contributed by atoms with Crippen LogP contribution in [0.25, 0.3) is 0 Å². The number of likely N-dealkylation sites (tertiary alicyclic amines) is 1. The third-order valence-corrected chi connectivity index (χ3v) is 3.21. The largest absolute Gasteiger partial charge is 0.479 e. The van der Waals surface area contributed by atoms with Gasteiger partial charge in [-0.25, -0.2) is 4.79 Å². The van der Waals surface area contributed by atoms with E-state index in [1.165, 1.54) is 4.90 Å². The number of nitrogens with one attached hydrogen (secondary N) is 1. The van der Waals surface area contributed by atoms with Gasteiger partial charge in [-0.3, -0.25) is 9.59 Å². The van der Waals surface area contributed by atoms with Crippen molar-refractivity contribution >= 4 is 17.8 Å². The molecule has 0 aromatic rings. The molecule has 0 aromatic heterocycles. The van der Waals surface area contributed by atoms with Crippen LogP contribution in [0, 0.1) is 5.41 Å². The lowest BCUT2D eigenvalue weighted by molar-refractivity contribution is -0.148. The van der Waals surface area contributed by atoms with Gasteiger partial charge in [0.15, 0.2) is 6.10 Å². The number of carbonyl (C=O) groups is 3. The first-order chi connectivity index (χ1) is 9.14. The van der Waals surface area contributed by atoms with Crippen molar-refractivity contribution in [1.82, 2.24) is 10.2 Å². The zero-order valence-electron chi connectivity index (χ0n) is 12.0. The molecule has 20 heavy (non-hydrogen) atoms. The molecule has 1 aliphatic rings. The number of amides is 2. The van der Waals surface area contributed by atoms with Crippen molar-refractivity contribution in [3.63, 3.8) is 0 Å². The minimum atomic E-state index is -1.63. The first kappa shape index (κ1) is 16.4. The smallest absolute Gasteiger partial charge is 0.334 e. The number of aliphatic hydroxyl groups is 1. The first-order valence-electron chi connectivity index (χ1n) is 6.64. The van der Waals surface area contributed by atoms with E-state index >= 15 is 0 Å². The topological polar surface area (TPSA) is 107 Å². The second kappa shape index (κ2) is 6.21. The van der Waals surface area contributed by atoms with Crippen molar-refractivity contribution in [2.75, 3.05) is 13.1 Å². The number of hydrogen-bond acceptors (Lipinski definition) is 4. The standard InChI is InChI=1S/C13H22N2O5/c1-13(2,3)12(20)15-6-4-5-8(15)10(17)14-7-9(16)11(18)19/h8-9,16H,4-7H2,1-3H3,(H,14,17)(H,18,19)/t8?,9-/m0/s1. The third-order valence-electron chi connectivity index (χ3n) is 3.21. The van der Waals surface area contributed by atoms with Gasteiger partial charge in [-0.1, -0.05) is 20.8 Å². The Kier molecular flexibility index (Phi) is 5.10. The van der Waals surface area contributed by atoms with E-state index in [2.05, 4.69) is 5.32 Å². The highest BCUT2D eigenvalue weighted by Crippen LogP contribution is 2.25. The van der Waals surface area contributed by atoms with Crippen LogP contribution in [0.5, 0.6) is 0 Å². The average Bonchev–Trinajstić information content (AvgIpc) is 2.81. The van der Waals surface area contributed by atoms with Crippen LogP contribution >= 0.6 is 0 Å². The summed E-state index contributed by atoms with van der Waals surface area (Å²) in [7, 11) is 0. The highest BCUT2D eigenvalue weighted by Gasteiger charge is 2.38. The summed E-state index contributed by atoms with van der Waals surface area (Å²) in [5, 5.41) is 20.0. The molecule has 114 valence electrons. The summed E-state index contributed by atoms with van der Waals surface area (Å²) in [5.41, 5.74) is -0.566. The fourth-order valence-electron chi connectivity index (χ4n) is 2.12. The normalized spacial score (nSPS) is 20.6. The van der Waals surface area contributed by atoms with Crippen molar-refractivity contribution in [3.05, 3.63) is 0 Å². The Morgan fingerprint density at radius 1 is 1.35 bits per heavy atom. The third kappa shape index (κ3) is 3.93. The average molecular weight is 286 g/mol. The number of carbonyl (C=O) groups excluding carboxylic acids is 2. The van der Waals surface area contributed by atoms with Gasteiger partial charge in [0.25, 0.3) is 0 Å². The van der Waals surface area contributed by atoms with Crippen molar-refractivity contribution in [2.24, 2.45) is 5.41 Å². The monoisotopic (exact) mass is 286 g/mol. The van der Waals surface area contributed by atoms with E-state index in [1.54, 1.807) is 20.8 Å². The van der Waals surface area contributed by atoms with Gasteiger partial charge in [-0.2, -0.15) is 0 Å². The van der Waals surface area contributed by atoms with E-state index in [0.717, 1.165) is 6.42 Å². The van der Waals surface area contributed by atoms with Crippen molar-refractivity contribution in [2.45, 2.75) is 45.8 Å². The molecule has 7 nitrogen and oxygen atoms in total. The van der Waals surface area contributed by atoms with Crippen LogP contribution in [0.4, 0.5) is 0 Å². The Balaban J connectivity index is 2.63. The molecule has 2 amide bonds. The first-order valence-corrected chi connectivity index (χ1v) is 6.64. The molecule has 1 saturated heterocycles. The summed E-state index contributed by atoms with van der Waals surface area (Å²) in [6.45, 7) is 5.53. The summed E-state index contributed by atoms with van der Waals surface area (Å²) in [5.74, 6) is -1.91. The highest BCUT2D eigenvalue weighted by molar-refractivity contribution is 5.90. The van der Waals surface area contributed by atoms with Crippen LogP contribution < -0.4 is 5.32 Å². The molecule has 1 rings (SSSR count). The Morgan fingerprint density at radius 2 is 1.95 bits per heavy atom. The van der Waals surface area contributed by atoms with E-state index in [4.69, 9.17) is 10.2 Å². The van der Waals surface area contributed by atoms with Crippen LogP contribution in [0.3, 0.4) is 0 Å². The molecule has 0 spiro atoms. The van der Waals surface area contributed by atoms with Crippen LogP contribution in [0.1, 0.15) is 33.6 Å². The number of aliphatic carboxylic acids is 1. The number of rotatable bonds is 4. The molecule has 3 N–H and O–H groups in total. The highest BCUT2D eigenvalue weighted by atomic mass is 16.4. The molecular weight excluding hydrogens is 264 g/mol. The van der Waals surface area contributed by atoms with E-state index in [0.29, 0.717) is 13.0 Å². The lowest BCUT2D eigenvalue weighted by atomic mass is 9.94. The van der Waals surface area contributed by atoms with Crippen LogP contribution in [0.2, 0.25) is 0 Å². The zero-order valence-corrected chi connectivity index (χ0v) is 12.0. The molecule has 0 aromatic carbocycles. The maximum absolute atomic E-state index is 12.2. The minimum Gasteiger partial charge on any atom is -0.479 e. The second-order valence-corrected chi connectivity index (χ2v) is 6.01. The molecule has 0 radical (unpaired) electrons. The van der Waals surface area contributed by atoms with Crippen molar-refractivity contribution < 1.29 is 24.6 Å². The van der Waals surface area contributed by atoms with Gasteiger partial charge in [-0.05, 0) is 12.8 Å². The number of hydrogen-bond donors (Lipinski definition) is 3. The Bertz CT molecular complexity index is 402. The molecule has 1 aliphatic heterocycles. The van der Waals surface area contributed by atoms with Gasteiger partial charge in [0.1, 0.15) is 6.04 Å². The summed E-state index contributed by atoms with van der Waals surface area (Å²) in [6.07, 6.45) is -0.342. The summed E-state index contributed by atoms with van der Waals surface area (Å²) in [4.78, 5) is 36.2. The molecule has 1 fully saturated rings. The number of aliphatic hydroxyl groups excluding tert-OH is 1. The van der Waals surface area contributed by atoms with E-state index in [1.807, 2.05) is 0 Å². The molecule has 2 atom stereocenters. The Labute approximate surface area is 117 Å². The lowest BCUT2D eigenvalue weighted by Gasteiger charge is -2.30. The van der Waals surface area contributed by atoms with E-state index in [-0.39, 0.29) is 12.5 Å². The van der Waals surface area contributed by atoms with Gasteiger partial charge in [0.2, 0.25) is 11.8 Å². The van der Waals surface area contributed by atoms with Crippen LogP contribution in [0.15, 0.2) is 0 Å². The molecule has 0 aliphatic carbocycles. The number of nitrogens with zero attached hydrogens (tertiary/aromatic N) is 1. The zero-order chi connectivity index (χ0) is 15.5. The number of carboxylic acid groups (broad SMARTS) is 1. The van der Waals surface area contributed by atoms with Gasteiger partial charge in [0, 0.05) is 12.0 Å². The Hall–Kier alpha value is -1.63. The molecule has 1 heterocycles. The van der Waals surface area contributed by atoms with Crippen molar-refractivity contribution in [1.29, 1.82) is 0 Å². The number of carboxylic acids is 1. The van der Waals surface area contributed by atoms with Gasteiger partial charge in [-0.15, -0.1) is 0 Å². The Morgan fingerprint density at radius 3 is 2.45 bits per heavy atom. The van der Waals surface area contributed by atoms with Gasteiger partial charge in [0.05, 0.1) is 6.54 Å². The van der Waals surface area contributed by atoms with Crippen molar-refractivity contribution in [3.8, 4) is 0 Å². The van der Waals surface area contributed by atoms with E-state index < -0.39 is 29.4 Å². The minimum absolute atomic E-state index is 0.103. The van der Waals surface area contributed by atoms with Crippen LogP contribution in [-0.4, -0.2) is 58.1 Å². The predicted molar refractivity (Wildman–Crippen MR) is 70.8 cm³/mol. The molecular formula is C13H22N2O5. The fourth-order valence-corrected chi connectivity index (χ4v) is 2.12. The molecule has 7 heteroatoms. The lowest BCUT2D eigenvalue weighted by Crippen LogP contribution is -2.50. The second-order valence-electron chi connectivity index (χ2n) is 6.01. The maximum atomic E-state index is 12.2. The summed E-state index contributed by atoms with van der Waals surface area (Å²) in [6, 6.07) is -0.581. The fraction of sp³-hybridized carbons (Fsp3) is 0.769. The SMILES string of the molecule is CC(C)(C)C(=O)N1CCCC1C(=O)NC[C@H](O)C(=O)O. The quantitative estimate of drug-likeness (QED) is 0.651. The van der Waals surface area contributed by atoms with Gasteiger partial charge < -0.3 is 20.4 Å².